The van der Waals surface area contributed by atoms with E-state index in [4.69, 9.17) is 0 Å². The van der Waals surface area contributed by atoms with E-state index in [0.717, 1.165) is 36.8 Å². The Bertz CT molecular complexity index is 465. The van der Waals surface area contributed by atoms with E-state index in [0.29, 0.717) is 6.54 Å². The lowest BCUT2D eigenvalue weighted by atomic mass is 10.2. The van der Waals surface area contributed by atoms with E-state index in [1.165, 1.54) is 0 Å². The van der Waals surface area contributed by atoms with Crippen LogP contribution in [0, 0.1) is 6.92 Å². The normalized spacial score (nSPS) is 12.6. The van der Waals surface area contributed by atoms with Gasteiger partial charge in [-0.3, -0.25) is 4.99 Å². The molecule has 0 radical (unpaired) electrons. The molecule has 0 aliphatic carbocycles. The molecule has 124 valence electrons. The number of rotatable bonds is 10. The molecule has 1 aromatic heterocycles. The molecule has 1 atom stereocenters. The molecule has 0 saturated heterocycles. The number of nitrogens with zero attached hydrogens (tertiary/aromatic N) is 4. The number of anilines is 2. The van der Waals surface area contributed by atoms with Crippen molar-refractivity contribution in [1.29, 1.82) is 0 Å². The van der Waals surface area contributed by atoms with Crippen molar-refractivity contribution in [3.63, 3.8) is 0 Å². The fourth-order valence-electron chi connectivity index (χ4n) is 2.04. The van der Waals surface area contributed by atoms with Gasteiger partial charge in [-0.05, 0) is 20.4 Å². The van der Waals surface area contributed by atoms with Gasteiger partial charge in [0.1, 0.15) is 18.0 Å². The number of hydrogen-bond donors (Lipinski definition) is 3. The van der Waals surface area contributed by atoms with Gasteiger partial charge in [0.25, 0.3) is 0 Å². The largest absolute Gasteiger partial charge is 0.394 e. The highest BCUT2D eigenvalue weighted by molar-refractivity contribution is 5.67. The van der Waals surface area contributed by atoms with E-state index in [2.05, 4.69) is 37.4 Å². The lowest BCUT2D eigenvalue weighted by Crippen LogP contribution is -2.35. The van der Waals surface area contributed by atoms with Crippen LogP contribution in [-0.4, -0.2) is 67.2 Å². The second-order valence-corrected chi connectivity index (χ2v) is 5.14. The topological polar surface area (TPSA) is 85.7 Å². The molecule has 3 N–H and O–H groups in total. The molecular formula is C15H28N6O. The summed E-state index contributed by atoms with van der Waals surface area (Å²) in [6.45, 7) is 9.42. The Morgan fingerprint density at radius 1 is 1.45 bits per heavy atom. The van der Waals surface area contributed by atoms with Crippen LogP contribution >= 0.6 is 0 Å². The Balaban J connectivity index is 2.94. The third-order valence-corrected chi connectivity index (χ3v) is 3.31. The van der Waals surface area contributed by atoms with Gasteiger partial charge in [-0.25, -0.2) is 9.97 Å². The molecule has 0 unspecified atom stereocenters. The maximum absolute atomic E-state index is 9.18. The number of aliphatic hydroxyl groups excluding tert-OH is 1. The number of nitrogens with one attached hydrogen (secondary N) is 2. The molecule has 22 heavy (non-hydrogen) atoms. The lowest BCUT2D eigenvalue weighted by molar-refractivity contribution is 0.281. The van der Waals surface area contributed by atoms with Gasteiger partial charge in [-0.15, -0.1) is 0 Å². The first-order chi connectivity index (χ1) is 10.6. The number of aromatic nitrogens is 2. The molecule has 0 saturated carbocycles. The maximum Gasteiger partial charge on any atom is 0.137 e. The third kappa shape index (κ3) is 5.57. The SMILES string of the molecule is CCNCCN(C/C=N/C)c1ncnc(N[C@H](C)CO)c1C. The highest BCUT2D eigenvalue weighted by Crippen LogP contribution is 2.22. The second kappa shape index (κ2) is 10.1. The number of aliphatic hydroxyl groups is 1. The minimum atomic E-state index is -0.0473. The number of likely N-dealkylation sites (N-methyl/N-ethyl adjacent to an activating group) is 1. The van der Waals surface area contributed by atoms with Gasteiger partial charge in [0.2, 0.25) is 0 Å². The van der Waals surface area contributed by atoms with E-state index in [1.807, 2.05) is 20.1 Å². The minimum Gasteiger partial charge on any atom is -0.394 e. The maximum atomic E-state index is 9.18. The average Bonchev–Trinajstić information content (AvgIpc) is 2.53. The first-order valence-corrected chi connectivity index (χ1v) is 7.69. The zero-order chi connectivity index (χ0) is 16.4. The molecule has 0 amide bonds. The van der Waals surface area contributed by atoms with Crippen molar-refractivity contribution >= 4 is 17.9 Å². The van der Waals surface area contributed by atoms with Crippen LogP contribution in [0.25, 0.3) is 0 Å². The van der Waals surface area contributed by atoms with Crippen molar-refractivity contribution in [3.05, 3.63) is 11.9 Å². The standard InChI is InChI=1S/C15H28N6O/c1-5-17-7-9-21(8-6-16-4)15-13(3)14(18-11-19-15)20-12(2)10-22/h6,11-12,17,22H,5,7-10H2,1-4H3,(H,18,19,20)/b16-6+/t12-/m1/s1. The van der Waals surface area contributed by atoms with Crippen molar-refractivity contribution < 1.29 is 5.11 Å². The molecule has 0 fully saturated rings. The van der Waals surface area contributed by atoms with Gasteiger partial charge in [0.15, 0.2) is 0 Å². The monoisotopic (exact) mass is 308 g/mol. The van der Waals surface area contributed by atoms with Gasteiger partial charge in [0.05, 0.1) is 13.2 Å². The van der Waals surface area contributed by atoms with Crippen LogP contribution in [0.4, 0.5) is 11.6 Å². The molecule has 0 bridgehead atoms. The predicted molar refractivity (Wildman–Crippen MR) is 92.1 cm³/mol. The molecule has 1 heterocycles. The molecular weight excluding hydrogens is 280 g/mol. The first-order valence-electron chi connectivity index (χ1n) is 7.69. The predicted octanol–water partition coefficient (Wildman–Crippen LogP) is 0.694. The summed E-state index contributed by atoms with van der Waals surface area (Å²) < 4.78 is 0. The molecule has 0 aliphatic rings. The van der Waals surface area contributed by atoms with E-state index in [9.17, 15) is 5.11 Å². The zero-order valence-corrected chi connectivity index (χ0v) is 14.0. The smallest absolute Gasteiger partial charge is 0.137 e. The van der Waals surface area contributed by atoms with Gasteiger partial charge in [0, 0.05) is 38.0 Å². The van der Waals surface area contributed by atoms with E-state index in [-0.39, 0.29) is 12.6 Å². The highest BCUT2D eigenvalue weighted by atomic mass is 16.3. The summed E-state index contributed by atoms with van der Waals surface area (Å²) in [5, 5.41) is 15.7. The van der Waals surface area contributed by atoms with Crippen molar-refractivity contribution in [3.8, 4) is 0 Å². The quantitative estimate of drug-likeness (QED) is 0.436. The Morgan fingerprint density at radius 2 is 2.23 bits per heavy atom. The van der Waals surface area contributed by atoms with Crippen LogP contribution in [0.3, 0.4) is 0 Å². The van der Waals surface area contributed by atoms with E-state index >= 15 is 0 Å². The Kier molecular flexibility index (Phi) is 8.39. The van der Waals surface area contributed by atoms with Crippen LogP contribution in [-0.2, 0) is 0 Å². The van der Waals surface area contributed by atoms with Crippen LogP contribution in [0.15, 0.2) is 11.3 Å². The summed E-state index contributed by atoms with van der Waals surface area (Å²) in [7, 11) is 1.77. The van der Waals surface area contributed by atoms with Crippen LogP contribution in [0.2, 0.25) is 0 Å². The molecule has 0 aliphatic heterocycles. The van der Waals surface area contributed by atoms with Gasteiger partial charge >= 0.3 is 0 Å². The van der Waals surface area contributed by atoms with Crippen LogP contribution < -0.4 is 15.5 Å². The fraction of sp³-hybridized carbons (Fsp3) is 0.667. The molecule has 7 heteroatoms. The first kappa shape index (κ1) is 18.3. The fourth-order valence-corrected chi connectivity index (χ4v) is 2.04. The number of aliphatic imine (C=N–C) groups is 1. The molecule has 1 aromatic rings. The Morgan fingerprint density at radius 3 is 2.86 bits per heavy atom. The summed E-state index contributed by atoms with van der Waals surface area (Å²) in [5.74, 6) is 1.65. The van der Waals surface area contributed by atoms with Crippen molar-refractivity contribution in [1.82, 2.24) is 15.3 Å². The second-order valence-electron chi connectivity index (χ2n) is 5.14. The third-order valence-electron chi connectivity index (χ3n) is 3.31. The molecule has 0 aromatic carbocycles. The molecule has 7 nitrogen and oxygen atoms in total. The van der Waals surface area contributed by atoms with Gasteiger partial charge in [-0.2, -0.15) is 0 Å². The summed E-state index contributed by atoms with van der Waals surface area (Å²) in [6, 6.07) is -0.0473. The van der Waals surface area contributed by atoms with Crippen molar-refractivity contribution in [2.24, 2.45) is 4.99 Å². The molecule has 1 rings (SSSR count). The van der Waals surface area contributed by atoms with Crippen LogP contribution in [0.5, 0.6) is 0 Å². The van der Waals surface area contributed by atoms with Crippen LogP contribution in [0.1, 0.15) is 19.4 Å². The summed E-state index contributed by atoms with van der Waals surface area (Å²) >= 11 is 0. The van der Waals surface area contributed by atoms with Crippen molar-refractivity contribution in [2.75, 3.05) is 50.1 Å². The Hall–Kier alpha value is -1.73. The summed E-state index contributed by atoms with van der Waals surface area (Å²) in [5.41, 5.74) is 0.976. The van der Waals surface area contributed by atoms with E-state index < -0.39 is 0 Å². The van der Waals surface area contributed by atoms with Gasteiger partial charge in [-0.1, -0.05) is 6.92 Å². The van der Waals surface area contributed by atoms with E-state index in [1.54, 1.807) is 13.4 Å². The zero-order valence-electron chi connectivity index (χ0n) is 14.0. The minimum absolute atomic E-state index is 0.0473. The molecule has 0 spiro atoms. The lowest BCUT2D eigenvalue weighted by Gasteiger charge is -2.25. The van der Waals surface area contributed by atoms with Gasteiger partial charge < -0.3 is 20.6 Å². The Labute approximate surface area is 132 Å². The average molecular weight is 308 g/mol. The summed E-state index contributed by atoms with van der Waals surface area (Å²) in [6.07, 6.45) is 3.43. The number of hydrogen-bond acceptors (Lipinski definition) is 7. The highest BCUT2D eigenvalue weighted by Gasteiger charge is 2.14. The summed E-state index contributed by atoms with van der Waals surface area (Å²) in [4.78, 5) is 14.9. The van der Waals surface area contributed by atoms with Crippen molar-refractivity contribution in [2.45, 2.75) is 26.8 Å².